The Hall–Kier alpha value is -3.82. The van der Waals surface area contributed by atoms with E-state index in [0.717, 1.165) is 0 Å². The molecule has 5 rings (SSSR count). The van der Waals surface area contributed by atoms with Gasteiger partial charge in [-0.2, -0.15) is 5.10 Å². The Bertz CT molecular complexity index is 1220. The molecule has 0 unspecified atom stereocenters. The van der Waals surface area contributed by atoms with Crippen molar-refractivity contribution >= 4 is 17.3 Å². The van der Waals surface area contributed by atoms with Gasteiger partial charge in [0, 0.05) is 44.1 Å². The van der Waals surface area contributed by atoms with Crippen molar-refractivity contribution in [2.75, 3.05) is 32.8 Å². The Labute approximate surface area is 177 Å². The minimum Gasteiger partial charge on any atom is -0.485 e. The number of carbonyl (C=O) groups excluding carboxylic acids is 2. The van der Waals surface area contributed by atoms with Crippen molar-refractivity contribution in [3.63, 3.8) is 0 Å². The maximum atomic E-state index is 12.9. The zero-order chi connectivity index (χ0) is 21.5. The molecule has 0 radical (unpaired) electrons. The van der Waals surface area contributed by atoms with Crippen LogP contribution in [0.4, 0.5) is 0 Å². The number of carbonyl (C=O) groups is 2. The molecule has 160 valence electrons. The highest BCUT2D eigenvalue weighted by molar-refractivity contribution is 5.93. The number of hydrogen-bond acceptors (Lipinski definition) is 6. The molecule has 1 aromatic carbocycles. The fourth-order valence-corrected chi connectivity index (χ4v) is 3.86. The predicted octanol–water partition coefficient (Wildman–Crippen LogP) is 0.455. The third-order valence-electron chi connectivity index (χ3n) is 5.48. The molecule has 2 aromatic heterocycles. The molecule has 0 aliphatic carbocycles. The summed E-state index contributed by atoms with van der Waals surface area (Å²) >= 11 is 0. The average molecular weight is 423 g/mol. The smallest absolute Gasteiger partial charge is 0.274 e. The molecule has 1 fully saturated rings. The summed E-state index contributed by atoms with van der Waals surface area (Å²) in [4.78, 5) is 43.8. The molecular weight excluding hydrogens is 402 g/mol. The van der Waals surface area contributed by atoms with Crippen molar-refractivity contribution in [1.29, 1.82) is 0 Å². The first-order valence-electron chi connectivity index (χ1n) is 10.1. The lowest BCUT2D eigenvalue weighted by atomic mass is 10.2. The molecule has 4 heterocycles. The van der Waals surface area contributed by atoms with Crippen molar-refractivity contribution in [2.45, 2.75) is 13.0 Å². The summed E-state index contributed by atoms with van der Waals surface area (Å²) in [5.41, 5.74) is 0.885. The van der Waals surface area contributed by atoms with E-state index in [1.165, 1.54) is 10.6 Å². The van der Waals surface area contributed by atoms with Crippen LogP contribution in [0.2, 0.25) is 0 Å². The lowest BCUT2D eigenvalue weighted by Gasteiger charge is -2.36. The van der Waals surface area contributed by atoms with E-state index in [1.54, 1.807) is 35.1 Å². The van der Waals surface area contributed by atoms with Crippen LogP contribution in [0.5, 0.6) is 11.5 Å². The number of para-hydroxylation sites is 2. The van der Waals surface area contributed by atoms with Crippen LogP contribution in [0, 0.1) is 6.92 Å². The van der Waals surface area contributed by atoms with Gasteiger partial charge in [-0.1, -0.05) is 12.1 Å². The molecular formula is C21H21N5O5. The lowest BCUT2D eigenvalue weighted by Crippen LogP contribution is -2.55. The Morgan fingerprint density at radius 1 is 1.10 bits per heavy atom. The van der Waals surface area contributed by atoms with Crippen LogP contribution in [-0.4, -0.2) is 75.1 Å². The molecule has 2 aliphatic rings. The summed E-state index contributed by atoms with van der Waals surface area (Å²) in [7, 11) is 0. The molecule has 1 saturated heterocycles. The summed E-state index contributed by atoms with van der Waals surface area (Å²) in [5.74, 6) is 0.761. The van der Waals surface area contributed by atoms with E-state index in [2.05, 4.69) is 10.1 Å². The number of amides is 2. The van der Waals surface area contributed by atoms with Gasteiger partial charge in [-0.05, 0) is 19.1 Å². The standard InChI is InChI=1S/C21H21N5O5/c1-13-11-26-15(19(27)22-13)10-14(23-26)20(28)24-6-8-25(9-7-24)21(29)18-12-30-16-4-2-3-5-17(16)31-18/h2-5,10-11,18H,6-9,12H2,1H3,(H,22,27)/t18-/m0/s1. The number of hydrogen-bond donors (Lipinski definition) is 1. The largest absolute Gasteiger partial charge is 0.485 e. The lowest BCUT2D eigenvalue weighted by molar-refractivity contribution is -0.142. The number of aryl methyl sites for hydroxylation is 1. The number of ether oxygens (including phenoxy) is 2. The zero-order valence-electron chi connectivity index (χ0n) is 16.9. The molecule has 0 bridgehead atoms. The van der Waals surface area contributed by atoms with Crippen LogP contribution in [-0.2, 0) is 4.79 Å². The van der Waals surface area contributed by atoms with Gasteiger partial charge in [-0.3, -0.25) is 14.4 Å². The minimum absolute atomic E-state index is 0.156. The van der Waals surface area contributed by atoms with Crippen LogP contribution in [0.15, 0.2) is 41.3 Å². The van der Waals surface area contributed by atoms with Gasteiger partial charge >= 0.3 is 0 Å². The molecule has 0 saturated carbocycles. The number of aromatic nitrogens is 3. The number of aromatic amines is 1. The second-order valence-electron chi connectivity index (χ2n) is 7.61. The molecule has 31 heavy (non-hydrogen) atoms. The molecule has 2 amide bonds. The van der Waals surface area contributed by atoms with Crippen molar-refractivity contribution in [2.24, 2.45) is 0 Å². The third kappa shape index (κ3) is 3.49. The van der Waals surface area contributed by atoms with Crippen molar-refractivity contribution in [3.05, 3.63) is 58.3 Å². The number of nitrogens with zero attached hydrogens (tertiary/aromatic N) is 4. The van der Waals surface area contributed by atoms with Crippen LogP contribution < -0.4 is 15.0 Å². The number of benzene rings is 1. The molecule has 10 nitrogen and oxygen atoms in total. The highest BCUT2D eigenvalue weighted by Crippen LogP contribution is 2.31. The highest BCUT2D eigenvalue weighted by atomic mass is 16.6. The quantitative estimate of drug-likeness (QED) is 0.641. The van der Waals surface area contributed by atoms with Gasteiger partial charge in [-0.15, -0.1) is 0 Å². The molecule has 3 aromatic rings. The summed E-state index contributed by atoms with van der Waals surface area (Å²) in [6.07, 6.45) is 0.958. The third-order valence-corrected chi connectivity index (χ3v) is 5.48. The molecule has 10 heteroatoms. The Morgan fingerprint density at radius 3 is 2.58 bits per heavy atom. The minimum atomic E-state index is -0.703. The number of fused-ring (bicyclic) bond motifs is 2. The van der Waals surface area contributed by atoms with Gasteiger partial charge in [0.25, 0.3) is 17.4 Å². The molecule has 0 spiro atoms. The van der Waals surface area contributed by atoms with Gasteiger partial charge in [-0.25, -0.2) is 4.52 Å². The normalized spacial score (nSPS) is 18.3. The highest BCUT2D eigenvalue weighted by Gasteiger charge is 2.34. The molecule has 1 atom stereocenters. The summed E-state index contributed by atoms with van der Waals surface area (Å²) in [5, 5.41) is 4.25. The van der Waals surface area contributed by atoms with Crippen LogP contribution in [0.3, 0.4) is 0 Å². The van der Waals surface area contributed by atoms with Crippen molar-refractivity contribution < 1.29 is 19.1 Å². The van der Waals surface area contributed by atoms with E-state index in [-0.39, 0.29) is 29.7 Å². The topological polar surface area (TPSA) is 109 Å². The molecule has 1 N–H and O–H groups in total. The number of nitrogens with one attached hydrogen (secondary N) is 1. The first-order valence-corrected chi connectivity index (χ1v) is 10.1. The Balaban J connectivity index is 1.23. The molecule has 2 aliphatic heterocycles. The monoisotopic (exact) mass is 423 g/mol. The van der Waals surface area contributed by atoms with E-state index in [0.29, 0.717) is 48.9 Å². The van der Waals surface area contributed by atoms with Gasteiger partial charge in [0.05, 0.1) is 0 Å². The maximum absolute atomic E-state index is 12.9. The van der Waals surface area contributed by atoms with Gasteiger partial charge < -0.3 is 24.3 Å². The SMILES string of the molecule is Cc1cn2nc(C(=O)N3CCN(C(=O)[C@@H]4COc5ccccc5O4)CC3)cc2c(=O)[nH]1. The van der Waals surface area contributed by atoms with E-state index >= 15 is 0 Å². The average Bonchev–Trinajstić information content (AvgIpc) is 3.22. The predicted molar refractivity (Wildman–Crippen MR) is 109 cm³/mol. The van der Waals surface area contributed by atoms with Gasteiger partial charge in [0.2, 0.25) is 6.10 Å². The summed E-state index contributed by atoms with van der Waals surface area (Å²) in [6.45, 7) is 3.43. The van der Waals surface area contributed by atoms with E-state index in [4.69, 9.17) is 9.47 Å². The fraction of sp³-hybridized carbons (Fsp3) is 0.333. The number of rotatable bonds is 2. The maximum Gasteiger partial charge on any atom is 0.274 e. The summed E-state index contributed by atoms with van der Waals surface area (Å²) < 4.78 is 12.9. The Morgan fingerprint density at radius 2 is 1.81 bits per heavy atom. The second-order valence-corrected chi connectivity index (χ2v) is 7.61. The van der Waals surface area contributed by atoms with Crippen LogP contribution in [0.25, 0.3) is 5.52 Å². The van der Waals surface area contributed by atoms with Crippen molar-refractivity contribution in [1.82, 2.24) is 24.4 Å². The van der Waals surface area contributed by atoms with Crippen molar-refractivity contribution in [3.8, 4) is 11.5 Å². The van der Waals surface area contributed by atoms with Gasteiger partial charge in [0.15, 0.2) is 17.2 Å². The van der Waals surface area contributed by atoms with Gasteiger partial charge in [0.1, 0.15) is 12.1 Å². The first kappa shape index (κ1) is 19.2. The zero-order valence-corrected chi connectivity index (χ0v) is 16.9. The number of H-pyrrole nitrogens is 1. The van der Waals surface area contributed by atoms with E-state index < -0.39 is 6.10 Å². The summed E-state index contributed by atoms with van der Waals surface area (Å²) in [6, 6.07) is 8.74. The number of piperazine rings is 1. The Kier molecular flexibility index (Phi) is 4.61. The second kappa shape index (κ2) is 7.46. The van der Waals surface area contributed by atoms with Crippen LogP contribution >= 0.6 is 0 Å². The first-order chi connectivity index (χ1) is 15.0. The fourth-order valence-electron chi connectivity index (χ4n) is 3.86. The van der Waals surface area contributed by atoms with Crippen LogP contribution in [0.1, 0.15) is 16.2 Å². The van der Waals surface area contributed by atoms with E-state index in [1.807, 2.05) is 12.1 Å². The van der Waals surface area contributed by atoms with E-state index in [9.17, 15) is 14.4 Å².